The highest BCUT2D eigenvalue weighted by molar-refractivity contribution is 5.33. The summed E-state index contributed by atoms with van der Waals surface area (Å²) in [5.41, 5.74) is 0.847. The molecule has 0 saturated heterocycles. The van der Waals surface area contributed by atoms with E-state index in [-0.39, 0.29) is 6.61 Å². The zero-order chi connectivity index (χ0) is 15.4. The lowest BCUT2D eigenvalue weighted by Gasteiger charge is -2.06. The predicted octanol–water partition coefficient (Wildman–Crippen LogP) is 2.85. The Kier molecular flexibility index (Phi) is 3.95. The first-order valence-electron chi connectivity index (χ1n) is 6.67. The average Bonchev–Trinajstić information content (AvgIpc) is 2.92. The van der Waals surface area contributed by atoms with Gasteiger partial charge in [-0.2, -0.15) is 4.98 Å². The number of ether oxygens (including phenoxy) is 2. The number of benzene rings is 1. The predicted molar refractivity (Wildman–Crippen MR) is 76.7 cm³/mol. The Hall–Kier alpha value is -2.96. The van der Waals surface area contributed by atoms with E-state index in [1.54, 1.807) is 37.3 Å². The third-order valence-corrected chi connectivity index (χ3v) is 2.76. The van der Waals surface area contributed by atoms with E-state index < -0.39 is 0 Å². The molecule has 0 amide bonds. The summed E-state index contributed by atoms with van der Waals surface area (Å²) in [6.45, 7) is 3.87. The van der Waals surface area contributed by atoms with Gasteiger partial charge in [-0.05, 0) is 38.1 Å². The highest BCUT2D eigenvalue weighted by Gasteiger charge is 2.04. The lowest BCUT2D eigenvalue weighted by Crippen LogP contribution is -1.96. The number of rotatable bonds is 5. The molecule has 0 N–H and O–H groups in total. The summed E-state index contributed by atoms with van der Waals surface area (Å²) in [6, 6.07) is 8.96. The van der Waals surface area contributed by atoms with Crippen LogP contribution in [0.25, 0.3) is 0 Å². The van der Waals surface area contributed by atoms with Gasteiger partial charge in [0, 0.05) is 11.8 Å². The summed E-state index contributed by atoms with van der Waals surface area (Å²) in [4.78, 5) is 12.1. The van der Waals surface area contributed by atoms with Gasteiger partial charge in [0.05, 0.1) is 0 Å². The number of aromatic nitrogens is 4. The number of aryl methyl sites for hydroxylation is 2. The van der Waals surface area contributed by atoms with Crippen molar-refractivity contribution in [3.05, 3.63) is 54.1 Å². The average molecular weight is 298 g/mol. The first-order chi connectivity index (χ1) is 10.7. The molecule has 0 fully saturated rings. The summed E-state index contributed by atoms with van der Waals surface area (Å²) in [5, 5.41) is 3.70. The molecule has 0 saturated carbocycles. The monoisotopic (exact) mass is 298 g/mol. The molecule has 7 nitrogen and oxygen atoms in total. The molecule has 0 radical (unpaired) electrons. The van der Waals surface area contributed by atoms with Crippen LogP contribution in [-0.2, 0) is 6.61 Å². The third kappa shape index (κ3) is 3.57. The first kappa shape index (κ1) is 14.0. The molecule has 0 aliphatic rings. The molecule has 0 spiro atoms. The number of nitrogens with zero attached hydrogens (tertiary/aromatic N) is 4. The summed E-state index contributed by atoms with van der Waals surface area (Å²) in [7, 11) is 0. The van der Waals surface area contributed by atoms with Crippen LogP contribution in [0.4, 0.5) is 0 Å². The third-order valence-electron chi connectivity index (χ3n) is 2.76. The molecule has 22 heavy (non-hydrogen) atoms. The Labute approximate surface area is 126 Å². The van der Waals surface area contributed by atoms with E-state index in [9.17, 15) is 0 Å². The van der Waals surface area contributed by atoms with Crippen LogP contribution in [0.2, 0.25) is 0 Å². The van der Waals surface area contributed by atoms with E-state index in [1.807, 2.05) is 6.92 Å². The first-order valence-corrected chi connectivity index (χ1v) is 6.67. The highest BCUT2D eigenvalue weighted by Crippen LogP contribution is 2.22. The molecule has 2 heterocycles. The van der Waals surface area contributed by atoms with Crippen molar-refractivity contribution in [1.29, 1.82) is 0 Å². The van der Waals surface area contributed by atoms with Gasteiger partial charge in [0.2, 0.25) is 5.88 Å². The van der Waals surface area contributed by atoms with Gasteiger partial charge in [-0.1, -0.05) is 5.16 Å². The van der Waals surface area contributed by atoms with E-state index in [1.165, 1.54) is 6.33 Å². The van der Waals surface area contributed by atoms with Crippen LogP contribution in [0.1, 0.15) is 17.4 Å². The molecule has 0 unspecified atom stereocenters. The lowest BCUT2D eigenvalue weighted by molar-refractivity contribution is 0.242. The van der Waals surface area contributed by atoms with E-state index in [0.717, 1.165) is 5.69 Å². The maximum Gasteiger partial charge on any atom is 0.264 e. The molecule has 0 bridgehead atoms. The van der Waals surface area contributed by atoms with E-state index in [4.69, 9.17) is 14.0 Å². The molecule has 0 atom stereocenters. The van der Waals surface area contributed by atoms with Crippen molar-refractivity contribution in [2.75, 3.05) is 0 Å². The Morgan fingerprint density at radius 3 is 2.50 bits per heavy atom. The molecule has 0 aliphatic heterocycles. The molecule has 1 aromatic carbocycles. The van der Waals surface area contributed by atoms with Crippen molar-refractivity contribution in [3.63, 3.8) is 0 Å². The fraction of sp³-hybridized carbons (Fsp3) is 0.200. The molecule has 3 aromatic rings. The second-order valence-electron chi connectivity index (χ2n) is 4.60. The maximum atomic E-state index is 5.63. The quantitative estimate of drug-likeness (QED) is 0.716. The zero-order valence-corrected chi connectivity index (χ0v) is 12.2. The van der Waals surface area contributed by atoms with E-state index in [0.29, 0.717) is 29.1 Å². The highest BCUT2D eigenvalue weighted by atomic mass is 16.5. The lowest BCUT2D eigenvalue weighted by atomic mass is 10.3. The van der Waals surface area contributed by atoms with E-state index >= 15 is 0 Å². The van der Waals surface area contributed by atoms with Crippen molar-refractivity contribution in [3.8, 4) is 17.4 Å². The molecule has 0 aliphatic carbocycles. The summed E-state index contributed by atoms with van der Waals surface area (Å²) in [6.07, 6.45) is 1.47. The molecule has 112 valence electrons. The molecular weight excluding hydrogens is 284 g/mol. The molecule has 3 rings (SSSR count). The second-order valence-corrected chi connectivity index (χ2v) is 4.60. The van der Waals surface area contributed by atoms with Crippen LogP contribution in [0.5, 0.6) is 17.4 Å². The number of hydrogen-bond acceptors (Lipinski definition) is 7. The summed E-state index contributed by atoms with van der Waals surface area (Å²) < 4.78 is 16.2. The van der Waals surface area contributed by atoms with Gasteiger partial charge in [0.15, 0.2) is 12.4 Å². The van der Waals surface area contributed by atoms with Crippen LogP contribution in [0.15, 0.2) is 41.2 Å². The van der Waals surface area contributed by atoms with Gasteiger partial charge in [-0.15, -0.1) is 0 Å². The minimum Gasteiger partial charge on any atom is -0.484 e. The van der Waals surface area contributed by atoms with Gasteiger partial charge in [0.25, 0.3) is 5.89 Å². The minimum absolute atomic E-state index is 0.228. The van der Waals surface area contributed by atoms with Crippen LogP contribution in [0, 0.1) is 13.8 Å². The van der Waals surface area contributed by atoms with Crippen LogP contribution in [0.3, 0.4) is 0 Å². The Morgan fingerprint density at radius 2 is 1.82 bits per heavy atom. The largest absolute Gasteiger partial charge is 0.484 e. The minimum atomic E-state index is 0.228. The van der Waals surface area contributed by atoms with Crippen molar-refractivity contribution in [2.45, 2.75) is 20.5 Å². The fourth-order valence-corrected chi connectivity index (χ4v) is 1.75. The SMILES string of the molecule is Cc1cc(Oc2ccc(OCc3nc(C)no3)cc2)ncn1. The second kappa shape index (κ2) is 6.21. The van der Waals surface area contributed by atoms with Crippen molar-refractivity contribution >= 4 is 0 Å². The summed E-state index contributed by atoms with van der Waals surface area (Å²) >= 11 is 0. The zero-order valence-electron chi connectivity index (χ0n) is 12.2. The standard InChI is InChI=1S/C15H14N4O3/c1-10-7-14(17-9-16-10)21-13-5-3-12(4-6-13)20-8-15-18-11(2)19-22-15/h3-7,9H,8H2,1-2H3. The molecule has 7 heteroatoms. The van der Waals surface area contributed by atoms with Gasteiger partial charge < -0.3 is 14.0 Å². The topological polar surface area (TPSA) is 83.2 Å². The smallest absolute Gasteiger partial charge is 0.264 e. The van der Waals surface area contributed by atoms with Crippen molar-refractivity contribution in [2.24, 2.45) is 0 Å². The van der Waals surface area contributed by atoms with Crippen LogP contribution < -0.4 is 9.47 Å². The Balaban J connectivity index is 1.60. The summed E-state index contributed by atoms with van der Waals surface area (Å²) in [5.74, 6) is 2.88. The van der Waals surface area contributed by atoms with Gasteiger partial charge in [-0.3, -0.25) is 0 Å². The van der Waals surface area contributed by atoms with Crippen LogP contribution >= 0.6 is 0 Å². The Bertz CT molecular complexity index is 755. The fourth-order valence-electron chi connectivity index (χ4n) is 1.75. The van der Waals surface area contributed by atoms with Gasteiger partial charge in [-0.25, -0.2) is 9.97 Å². The van der Waals surface area contributed by atoms with Crippen LogP contribution in [-0.4, -0.2) is 20.1 Å². The molecular formula is C15H14N4O3. The van der Waals surface area contributed by atoms with Crippen molar-refractivity contribution < 1.29 is 14.0 Å². The van der Waals surface area contributed by atoms with E-state index in [2.05, 4.69) is 20.1 Å². The molecule has 2 aromatic heterocycles. The van der Waals surface area contributed by atoms with Gasteiger partial charge >= 0.3 is 0 Å². The Morgan fingerprint density at radius 1 is 1.05 bits per heavy atom. The maximum absolute atomic E-state index is 5.63. The number of hydrogen-bond donors (Lipinski definition) is 0. The van der Waals surface area contributed by atoms with Crippen molar-refractivity contribution in [1.82, 2.24) is 20.1 Å². The van der Waals surface area contributed by atoms with Gasteiger partial charge in [0.1, 0.15) is 17.8 Å². The normalized spacial score (nSPS) is 10.5.